The molecule has 6 atom stereocenters. The van der Waals surface area contributed by atoms with E-state index >= 15 is 0 Å². The van der Waals surface area contributed by atoms with Crippen LogP contribution in [0.5, 0.6) is 0 Å². The number of unbranched alkanes of at least 4 members (excludes halogenated alkanes) is 7. The fraction of sp³-hybridized carbons (Fsp3) is 0.604. The van der Waals surface area contributed by atoms with Gasteiger partial charge in [-0.3, -0.25) is 4.79 Å². The Kier molecular flexibility index (Phi) is 39.1. The van der Waals surface area contributed by atoms with E-state index in [1.165, 1.54) is 0 Å². The van der Waals surface area contributed by atoms with Crippen molar-refractivity contribution in [1.82, 2.24) is 0 Å². The van der Waals surface area contributed by atoms with E-state index in [1.807, 2.05) is 0 Å². The van der Waals surface area contributed by atoms with Gasteiger partial charge in [0.05, 0.1) is 19.8 Å². The SMILES string of the molecule is CC/C=C\C/C=C\C/C=C\C/C=C\C/C=C\C/C=C\CCCCCCC(=O)OC(COCCCCC/C=C\C/C=C\C/C=C\C/C=C\CC)COC1OC(CO)C(O)C(O)C1O. The van der Waals surface area contributed by atoms with Crippen molar-refractivity contribution >= 4 is 5.97 Å². The summed E-state index contributed by atoms with van der Waals surface area (Å²) in [5.41, 5.74) is 0. The highest BCUT2D eigenvalue weighted by molar-refractivity contribution is 5.69. The van der Waals surface area contributed by atoms with Gasteiger partial charge < -0.3 is 39.4 Å². The van der Waals surface area contributed by atoms with Crippen LogP contribution in [0.2, 0.25) is 0 Å². The summed E-state index contributed by atoms with van der Waals surface area (Å²) in [5.74, 6) is -0.356. The summed E-state index contributed by atoms with van der Waals surface area (Å²) in [7, 11) is 0. The predicted octanol–water partition coefficient (Wildman–Crippen LogP) is 11.1. The van der Waals surface area contributed by atoms with Crippen molar-refractivity contribution in [2.75, 3.05) is 26.4 Å². The molecule has 0 amide bonds. The van der Waals surface area contributed by atoms with Crippen LogP contribution in [0.4, 0.5) is 0 Å². The zero-order valence-corrected chi connectivity index (χ0v) is 38.3. The Bertz CT molecular complexity index is 1350. The molecule has 0 aromatic rings. The normalized spacial score (nSPS) is 20.9. The third-order valence-electron chi connectivity index (χ3n) is 9.87. The molecule has 4 N–H and O–H groups in total. The molecule has 0 bridgehead atoms. The first kappa shape index (κ1) is 56.6. The molecular formula is C53H84O9. The first-order chi connectivity index (χ1) is 30.4. The molecule has 1 fully saturated rings. The molecule has 350 valence electrons. The lowest BCUT2D eigenvalue weighted by Crippen LogP contribution is -2.59. The van der Waals surface area contributed by atoms with Crippen molar-refractivity contribution < 1.29 is 44.2 Å². The molecule has 1 saturated heterocycles. The summed E-state index contributed by atoms with van der Waals surface area (Å²) >= 11 is 0. The van der Waals surface area contributed by atoms with Crippen LogP contribution < -0.4 is 0 Å². The number of ether oxygens (including phenoxy) is 4. The number of rotatable bonds is 38. The average molecular weight is 865 g/mol. The van der Waals surface area contributed by atoms with Crippen LogP contribution in [0.3, 0.4) is 0 Å². The van der Waals surface area contributed by atoms with Gasteiger partial charge in [0.15, 0.2) is 6.29 Å². The number of carbonyl (C=O) groups is 1. The highest BCUT2D eigenvalue weighted by Gasteiger charge is 2.44. The van der Waals surface area contributed by atoms with Gasteiger partial charge in [-0.15, -0.1) is 0 Å². The van der Waals surface area contributed by atoms with Crippen LogP contribution in [0.15, 0.2) is 122 Å². The zero-order chi connectivity index (χ0) is 45.0. The molecular weight excluding hydrogens is 781 g/mol. The molecule has 0 spiro atoms. The van der Waals surface area contributed by atoms with E-state index in [-0.39, 0.29) is 25.6 Å². The van der Waals surface area contributed by atoms with E-state index in [0.717, 1.165) is 116 Å². The minimum Gasteiger partial charge on any atom is -0.457 e. The molecule has 1 aliphatic rings. The van der Waals surface area contributed by atoms with E-state index in [9.17, 15) is 25.2 Å². The lowest BCUT2D eigenvalue weighted by Gasteiger charge is -2.39. The second kappa shape index (κ2) is 42.9. The standard InChI is InChI=1S/C53H84O9/c1-3-5-7-9-11-13-15-17-19-21-22-23-24-25-26-27-28-30-32-34-36-38-40-42-49(55)61-47(46-60-53-52(58)51(57)50(56)48(44-54)62-53)45-59-43-41-39-37-35-33-31-29-20-18-16-14-12-10-8-6-4-2/h5-8,11-14,17-20,22-23,25-26,28,30-31,33,47-48,50-54,56-58H,3-4,9-10,15-16,21,24,27,29,32,34-46H2,1-2H3/b7-5-,8-6-,13-11-,14-12-,19-17-,20-18-,23-22-,26-25-,30-28-,33-31-. The molecule has 0 radical (unpaired) electrons. The fourth-order valence-electron chi connectivity index (χ4n) is 6.25. The minimum atomic E-state index is -1.56. The maximum atomic E-state index is 12.8. The maximum Gasteiger partial charge on any atom is 0.306 e. The Hall–Kier alpha value is -3.41. The fourth-order valence-corrected chi connectivity index (χ4v) is 6.25. The number of carbonyl (C=O) groups excluding carboxylic acids is 1. The van der Waals surface area contributed by atoms with Gasteiger partial charge in [0.2, 0.25) is 0 Å². The maximum absolute atomic E-state index is 12.8. The number of aliphatic hydroxyl groups excluding tert-OH is 4. The summed E-state index contributed by atoms with van der Waals surface area (Å²) in [4.78, 5) is 12.8. The van der Waals surface area contributed by atoms with Crippen molar-refractivity contribution in [2.24, 2.45) is 0 Å². The summed E-state index contributed by atoms with van der Waals surface area (Å²) in [6, 6.07) is 0. The number of hydrogen-bond acceptors (Lipinski definition) is 9. The van der Waals surface area contributed by atoms with Crippen LogP contribution >= 0.6 is 0 Å². The second-order valence-electron chi connectivity index (χ2n) is 15.4. The number of hydrogen-bond donors (Lipinski definition) is 4. The van der Waals surface area contributed by atoms with Gasteiger partial charge in [-0.25, -0.2) is 0 Å². The van der Waals surface area contributed by atoms with Gasteiger partial charge in [-0.05, 0) is 103 Å². The topological polar surface area (TPSA) is 135 Å². The zero-order valence-electron chi connectivity index (χ0n) is 38.3. The van der Waals surface area contributed by atoms with Crippen molar-refractivity contribution in [1.29, 1.82) is 0 Å². The molecule has 62 heavy (non-hydrogen) atoms. The highest BCUT2D eigenvalue weighted by Crippen LogP contribution is 2.22. The molecule has 9 nitrogen and oxygen atoms in total. The molecule has 6 unspecified atom stereocenters. The second-order valence-corrected chi connectivity index (χ2v) is 15.4. The van der Waals surface area contributed by atoms with Gasteiger partial charge >= 0.3 is 5.97 Å². The molecule has 0 aromatic heterocycles. The lowest BCUT2D eigenvalue weighted by molar-refractivity contribution is -0.305. The Morgan fingerprint density at radius 1 is 0.516 bits per heavy atom. The molecule has 1 aliphatic heterocycles. The van der Waals surface area contributed by atoms with Crippen molar-refractivity contribution in [3.63, 3.8) is 0 Å². The third-order valence-corrected chi connectivity index (χ3v) is 9.87. The van der Waals surface area contributed by atoms with Crippen LogP contribution in [-0.2, 0) is 23.7 Å². The number of allylic oxidation sites excluding steroid dienone is 20. The predicted molar refractivity (Wildman–Crippen MR) is 256 cm³/mol. The van der Waals surface area contributed by atoms with Gasteiger partial charge in [0.25, 0.3) is 0 Å². The Morgan fingerprint density at radius 3 is 1.39 bits per heavy atom. The lowest BCUT2D eigenvalue weighted by atomic mass is 9.99. The molecule has 1 rings (SSSR count). The van der Waals surface area contributed by atoms with E-state index in [4.69, 9.17) is 18.9 Å². The number of esters is 1. The summed E-state index contributed by atoms with van der Waals surface area (Å²) in [5, 5.41) is 40.2. The van der Waals surface area contributed by atoms with Crippen molar-refractivity contribution in [3.8, 4) is 0 Å². The van der Waals surface area contributed by atoms with Crippen LogP contribution in [0, 0.1) is 0 Å². The van der Waals surface area contributed by atoms with E-state index in [2.05, 4.69) is 135 Å². The summed E-state index contributed by atoms with van der Waals surface area (Å²) in [6.07, 6.45) is 55.1. The molecule has 1 heterocycles. The highest BCUT2D eigenvalue weighted by atomic mass is 16.7. The molecule has 0 aliphatic carbocycles. The van der Waals surface area contributed by atoms with Crippen LogP contribution in [-0.4, -0.2) is 89.6 Å². The van der Waals surface area contributed by atoms with E-state index < -0.39 is 43.4 Å². The smallest absolute Gasteiger partial charge is 0.306 e. The quantitative estimate of drug-likeness (QED) is 0.0272. The van der Waals surface area contributed by atoms with Crippen LogP contribution in [0.25, 0.3) is 0 Å². The first-order valence-electron chi connectivity index (χ1n) is 23.6. The Balaban J connectivity index is 2.31. The minimum absolute atomic E-state index is 0.103. The summed E-state index contributed by atoms with van der Waals surface area (Å²) in [6.45, 7) is 4.19. The van der Waals surface area contributed by atoms with Gasteiger partial charge in [-0.1, -0.05) is 155 Å². The van der Waals surface area contributed by atoms with Crippen molar-refractivity contribution in [2.45, 2.75) is 179 Å². The Morgan fingerprint density at radius 2 is 0.935 bits per heavy atom. The van der Waals surface area contributed by atoms with E-state index in [0.29, 0.717) is 13.0 Å². The first-order valence-corrected chi connectivity index (χ1v) is 23.6. The van der Waals surface area contributed by atoms with Gasteiger partial charge in [0, 0.05) is 13.0 Å². The number of aliphatic hydroxyl groups is 4. The largest absolute Gasteiger partial charge is 0.457 e. The Labute approximate surface area is 376 Å². The van der Waals surface area contributed by atoms with E-state index in [1.54, 1.807) is 0 Å². The van der Waals surface area contributed by atoms with Gasteiger partial charge in [0.1, 0.15) is 30.5 Å². The summed E-state index contributed by atoms with van der Waals surface area (Å²) < 4.78 is 22.8. The van der Waals surface area contributed by atoms with Crippen LogP contribution in [0.1, 0.15) is 142 Å². The molecule has 9 heteroatoms. The van der Waals surface area contributed by atoms with Gasteiger partial charge in [-0.2, -0.15) is 0 Å². The molecule has 0 aromatic carbocycles. The monoisotopic (exact) mass is 865 g/mol. The third kappa shape index (κ3) is 33.2. The molecule has 0 saturated carbocycles. The average Bonchev–Trinajstić information content (AvgIpc) is 3.27. The van der Waals surface area contributed by atoms with Crippen molar-refractivity contribution in [3.05, 3.63) is 122 Å².